The van der Waals surface area contributed by atoms with Crippen LogP contribution in [0.4, 0.5) is 0 Å². The largest absolute Gasteiger partial charge is 0.456 e. The normalized spacial score (nSPS) is 16.2. The predicted molar refractivity (Wildman–Crippen MR) is 190 cm³/mol. The van der Waals surface area contributed by atoms with Crippen molar-refractivity contribution in [1.29, 1.82) is 0 Å². The van der Waals surface area contributed by atoms with Gasteiger partial charge < -0.3 is 4.42 Å². The molecule has 45 heavy (non-hydrogen) atoms. The van der Waals surface area contributed by atoms with Crippen LogP contribution in [0.15, 0.2) is 174 Å². The van der Waals surface area contributed by atoms with Crippen LogP contribution in [0.3, 0.4) is 0 Å². The van der Waals surface area contributed by atoms with Crippen LogP contribution in [0.25, 0.3) is 88.0 Å². The molecule has 0 saturated carbocycles. The van der Waals surface area contributed by atoms with Crippen molar-refractivity contribution in [1.82, 2.24) is 0 Å². The average Bonchev–Trinajstić information content (AvgIpc) is 3.67. The number of rotatable bonds is 4. The minimum atomic E-state index is -0.699. The van der Waals surface area contributed by atoms with Gasteiger partial charge in [0.1, 0.15) is 11.2 Å². The van der Waals surface area contributed by atoms with E-state index in [0.29, 0.717) is 38.2 Å². The Morgan fingerprint density at radius 3 is 1.58 bits per heavy atom. The molecule has 0 atom stereocenters. The van der Waals surface area contributed by atoms with Gasteiger partial charge in [-0.2, -0.15) is 0 Å². The van der Waals surface area contributed by atoms with E-state index in [1.165, 1.54) is 0 Å². The van der Waals surface area contributed by atoms with Crippen LogP contribution in [-0.4, -0.2) is 0 Å². The summed E-state index contributed by atoms with van der Waals surface area (Å²) in [6.45, 7) is 0. The average molecular weight is 588 g/mol. The van der Waals surface area contributed by atoms with Gasteiger partial charge in [0.25, 0.3) is 0 Å². The third-order valence-electron chi connectivity index (χ3n) is 7.88. The Balaban J connectivity index is 1.39. The molecule has 0 amide bonds. The molecule has 0 N–H and O–H groups in total. The Kier molecular flexibility index (Phi) is 3.39. The fourth-order valence-electron chi connectivity index (χ4n) is 5.90. The molecule has 0 aliphatic carbocycles. The molecule has 0 unspecified atom stereocenters. The number of benzene rings is 8. The van der Waals surface area contributed by atoms with E-state index in [1.807, 2.05) is 0 Å². The Labute approximate surface area is 282 Å². The Bertz CT molecular complexity index is 3290. The van der Waals surface area contributed by atoms with E-state index in [0.717, 1.165) is 0 Å². The fourth-order valence-corrected chi connectivity index (χ4v) is 5.90. The van der Waals surface area contributed by atoms with Crippen molar-refractivity contribution in [3.8, 4) is 44.5 Å². The second kappa shape index (κ2) is 10.4. The highest BCUT2D eigenvalue weighted by atomic mass is 16.3. The van der Waals surface area contributed by atoms with Crippen molar-refractivity contribution in [3.63, 3.8) is 0 Å². The van der Waals surface area contributed by atoms with Gasteiger partial charge in [0.15, 0.2) is 0 Å². The van der Waals surface area contributed by atoms with Gasteiger partial charge in [0, 0.05) is 10.8 Å². The first-order valence-electron chi connectivity index (χ1n) is 21.7. The summed E-state index contributed by atoms with van der Waals surface area (Å²) in [6, 6.07) is 15.2. The molecule has 0 fully saturated rings. The quantitative estimate of drug-likeness (QED) is 0.187. The number of hydrogen-bond donors (Lipinski definition) is 0. The standard InChI is InChI=1S/C44H28O/c1-3-12-29(13-4-1)31-16-11-17-33(26-31)43-36-18-7-9-20-38(36)44(39-21-10-8-19-37(39)43)34-22-24-35-40-27-32(30-14-5-2-6-15-30)23-25-41(40)45-42(35)28-34/h1-28H/i2D,5D,6D,11D,14D,15D,16D,17D,22D,23D,24D,25D,26D,27D,28D. The summed E-state index contributed by atoms with van der Waals surface area (Å²) in [7, 11) is 0. The monoisotopic (exact) mass is 587 g/mol. The van der Waals surface area contributed by atoms with Crippen LogP contribution in [-0.2, 0) is 0 Å². The second-order valence-corrected chi connectivity index (χ2v) is 10.5. The topological polar surface area (TPSA) is 13.1 Å². The minimum absolute atomic E-state index is 0.0367. The zero-order valence-corrected chi connectivity index (χ0v) is 23.4. The van der Waals surface area contributed by atoms with Crippen molar-refractivity contribution >= 4 is 43.5 Å². The molecule has 0 aliphatic heterocycles. The van der Waals surface area contributed by atoms with Gasteiger partial charge >= 0.3 is 0 Å². The fraction of sp³-hybridized carbons (Fsp3) is 0. The van der Waals surface area contributed by atoms with Gasteiger partial charge in [0.2, 0.25) is 0 Å². The van der Waals surface area contributed by atoms with E-state index in [9.17, 15) is 6.85 Å². The molecule has 210 valence electrons. The highest BCUT2D eigenvalue weighted by Crippen LogP contribution is 2.45. The molecule has 8 aromatic carbocycles. The molecule has 0 saturated heterocycles. The molecule has 9 rings (SSSR count). The first-order valence-corrected chi connectivity index (χ1v) is 14.2. The predicted octanol–water partition coefficient (Wildman–Crippen LogP) is 12.6. The van der Waals surface area contributed by atoms with E-state index in [4.69, 9.17) is 18.1 Å². The summed E-state index contributed by atoms with van der Waals surface area (Å²) in [4.78, 5) is 0. The molecular formula is C44H28O. The van der Waals surface area contributed by atoms with E-state index in [1.54, 1.807) is 78.9 Å². The van der Waals surface area contributed by atoms with Gasteiger partial charge in [-0.15, -0.1) is 0 Å². The lowest BCUT2D eigenvalue weighted by Crippen LogP contribution is -1.91. The number of hydrogen-bond acceptors (Lipinski definition) is 1. The maximum absolute atomic E-state index is 9.62. The Morgan fingerprint density at radius 1 is 0.333 bits per heavy atom. The molecule has 0 radical (unpaired) electrons. The van der Waals surface area contributed by atoms with Gasteiger partial charge in [-0.05, 0) is 96.3 Å². The zero-order valence-electron chi connectivity index (χ0n) is 38.4. The van der Waals surface area contributed by atoms with Crippen LogP contribution in [0.1, 0.15) is 20.6 Å². The molecule has 9 aromatic rings. The molecule has 0 bridgehead atoms. The maximum atomic E-state index is 9.62. The van der Waals surface area contributed by atoms with Crippen LogP contribution in [0.2, 0.25) is 0 Å². The van der Waals surface area contributed by atoms with Crippen molar-refractivity contribution in [3.05, 3.63) is 169 Å². The second-order valence-electron chi connectivity index (χ2n) is 10.5. The maximum Gasteiger partial charge on any atom is 0.136 e. The summed E-state index contributed by atoms with van der Waals surface area (Å²) in [5.74, 6) is 0. The van der Waals surface area contributed by atoms with Crippen molar-refractivity contribution in [2.75, 3.05) is 0 Å². The summed E-state index contributed by atoms with van der Waals surface area (Å²) >= 11 is 0. The smallest absolute Gasteiger partial charge is 0.136 e. The van der Waals surface area contributed by atoms with E-state index < -0.39 is 71.6 Å². The van der Waals surface area contributed by atoms with E-state index >= 15 is 0 Å². The number of furan rings is 1. The third-order valence-corrected chi connectivity index (χ3v) is 7.88. The SMILES string of the molecule is [2H]c1c([2H])c([2H])c(-c2c([2H])c([2H])c3oc4c([2H])c(-c5c6ccccc6c(-c6c([2H])c([2H])c([2H])c(-c7ccccc7)c6[2H])c6ccccc56)c([2H])c([2H])c4c3c2[2H])c([2H])c1[2H]. The van der Waals surface area contributed by atoms with Crippen LogP contribution in [0, 0.1) is 0 Å². The summed E-state index contributed by atoms with van der Waals surface area (Å²) in [5.41, 5.74) is 0.0486. The van der Waals surface area contributed by atoms with Crippen molar-refractivity contribution in [2.45, 2.75) is 0 Å². The van der Waals surface area contributed by atoms with Crippen LogP contribution >= 0.6 is 0 Å². The molecule has 0 aliphatic rings. The molecule has 1 nitrogen and oxygen atoms in total. The lowest BCUT2D eigenvalue weighted by molar-refractivity contribution is 0.669. The summed E-state index contributed by atoms with van der Waals surface area (Å²) in [6.07, 6.45) is 0. The van der Waals surface area contributed by atoms with Gasteiger partial charge in [-0.1, -0.05) is 139 Å². The van der Waals surface area contributed by atoms with Crippen LogP contribution < -0.4 is 0 Å². The molecule has 1 heterocycles. The Hall–Kier alpha value is -5.92. The lowest BCUT2D eigenvalue weighted by atomic mass is 9.85. The van der Waals surface area contributed by atoms with Crippen LogP contribution in [0.5, 0.6) is 0 Å². The van der Waals surface area contributed by atoms with E-state index in [-0.39, 0.29) is 68.8 Å². The van der Waals surface area contributed by atoms with Crippen molar-refractivity contribution < 1.29 is 25.0 Å². The Morgan fingerprint density at radius 2 is 0.889 bits per heavy atom. The molecule has 1 aromatic heterocycles. The van der Waals surface area contributed by atoms with E-state index in [2.05, 4.69) is 0 Å². The third kappa shape index (κ3) is 4.24. The lowest BCUT2D eigenvalue weighted by Gasteiger charge is -2.18. The van der Waals surface area contributed by atoms with Crippen molar-refractivity contribution in [2.24, 2.45) is 0 Å². The summed E-state index contributed by atoms with van der Waals surface area (Å²) < 4.78 is 139. The highest BCUT2D eigenvalue weighted by molar-refractivity contribution is 6.22. The first-order chi connectivity index (χ1) is 28.6. The highest BCUT2D eigenvalue weighted by Gasteiger charge is 2.18. The number of fused-ring (bicyclic) bond motifs is 5. The molecule has 1 heteroatoms. The van der Waals surface area contributed by atoms with Gasteiger partial charge in [-0.3, -0.25) is 0 Å². The first kappa shape index (κ1) is 14.7. The van der Waals surface area contributed by atoms with Gasteiger partial charge in [-0.25, -0.2) is 0 Å². The molecular weight excluding hydrogens is 544 g/mol. The zero-order chi connectivity index (χ0) is 42.8. The summed E-state index contributed by atoms with van der Waals surface area (Å²) in [5, 5.41) is 1.55. The van der Waals surface area contributed by atoms with Gasteiger partial charge in [0.05, 0.1) is 20.6 Å². The minimum Gasteiger partial charge on any atom is -0.456 e. The molecule has 0 spiro atoms.